The quantitative estimate of drug-likeness (QED) is 0.421. The van der Waals surface area contributed by atoms with Crippen molar-refractivity contribution in [3.05, 3.63) is 70.4 Å². The number of aryl methyl sites for hydroxylation is 1. The maximum absolute atomic E-state index is 13.9. The molecule has 3 aromatic rings. The van der Waals surface area contributed by atoms with Crippen LogP contribution in [0.1, 0.15) is 60.3 Å². The molecule has 7 nitrogen and oxygen atoms in total. The molecule has 2 N–H and O–H groups in total. The number of aromatic hydroxyl groups is 1. The van der Waals surface area contributed by atoms with Gasteiger partial charge in [0.1, 0.15) is 5.75 Å². The Morgan fingerprint density at radius 3 is 2.61 bits per heavy atom. The lowest BCUT2D eigenvalue weighted by molar-refractivity contribution is -0.136. The number of nitrogens with zero attached hydrogens (tertiary/aromatic N) is 2. The number of thiazole rings is 1. The molecule has 1 fully saturated rings. The van der Waals surface area contributed by atoms with E-state index in [2.05, 4.69) is 10.3 Å². The van der Waals surface area contributed by atoms with Gasteiger partial charge in [0.25, 0.3) is 5.91 Å². The number of benzene rings is 2. The van der Waals surface area contributed by atoms with Crippen molar-refractivity contribution in [1.29, 1.82) is 0 Å². The number of carbonyl (C=O) groups excluding carboxylic acids is 3. The van der Waals surface area contributed by atoms with Crippen LogP contribution in [0.3, 0.4) is 0 Å². The summed E-state index contributed by atoms with van der Waals surface area (Å²) >= 11 is 1.52. The van der Waals surface area contributed by atoms with Crippen LogP contribution in [-0.4, -0.2) is 38.6 Å². The molecule has 2 amide bonds. The zero-order valence-electron chi connectivity index (χ0n) is 21.9. The summed E-state index contributed by atoms with van der Waals surface area (Å²) in [5.41, 5.74) is 5.78. The number of hydrogen-bond acceptors (Lipinski definition) is 6. The molecular formula is C30H33N3O4S. The van der Waals surface area contributed by atoms with E-state index in [9.17, 15) is 19.5 Å². The van der Waals surface area contributed by atoms with E-state index < -0.39 is 17.9 Å². The van der Waals surface area contributed by atoms with Crippen molar-refractivity contribution in [1.82, 2.24) is 15.2 Å². The van der Waals surface area contributed by atoms with Crippen molar-refractivity contribution >= 4 is 28.9 Å². The molecule has 8 heteroatoms. The lowest BCUT2D eigenvalue weighted by Gasteiger charge is -2.33. The second-order valence-electron chi connectivity index (χ2n) is 10.7. The third-order valence-electron chi connectivity index (χ3n) is 7.87. The van der Waals surface area contributed by atoms with E-state index >= 15 is 0 Å². The molecule has 2 aromatic carbocycles. The van der Waals surface area contributed by atoms with Gasteiger partial charge in [0, 0.05) is 36.1 Å². The highest BCUT2D eigenvalue weighted by molar-refractivity contribution is 7.13. The lowest BCUT2D eigenvalue weighted by Crippen LogP contribution is -2.49. The Kier molecular flexibility index (Phi) is 7.34. The second-order valence-corrected chi connectivity index (χ2v) is 11.5. The summed E-state index contributed by atoms with van der Waals surface area (Å²) in [7, 11) is 0. The Labute approximate surface area is 226 Å². The van der Waals surface area contributed by atoms with E-state index in [0.29, 0.717) is 30.5 Å². The number of Topliss-reactive ketones (excluding diaryl/α,β-unsaturated/α-hetero) is 1. The van der Waals surface area contributed by atoms with Crippen molar-refractivity contribution in [3.63, 3.8) is 0 Å². The predicted molar refractivity (Wildman–Crippen MR) is 147 cm³/mol. The lowest BCUT2D eigenvalue weighted by atomic mass is 9.83. The Hall–Kier alpha value is -3.52. The fourth-order valence-electron chi connectivity index (χ4n) is 5.92. The highest BCUT2D eigenvalue weighted by Crippen LogP contribution is 2.37. The van der Waals surface area contributed by atoms with E-state index in [-0.39, 0.29) is 35.8 Å². The monoisotopic (exact) mass is 531 g/mol. The van der Waals surface area contributed by atoms with Crippen LogP contribution < -0.4 is 5.32 Å². The van der Waals surface area contributed by atoms with E-state index in [1.807, 2.05) is 57.2 Å². The fraction of sp³-hybridized carbons (Fsp3) is 0.400. The number of fused-ring (bicyclic) bond motifs is 1. The van der Waals surface area contributed by atoms with Crippen LogP contribution in [-0.2, 0) is 22.7 Å². The van der Waals surface area contributed by atoms with Gasteiger partial charge >= 0.3 is 0 Å². The third-order valence-corrected chi connectivity index (χ3v) is 8.85. The molecule has 1 aromatic heterocycles. The van der Waals surface area contributed by atoms with Crippen LogP contribution in [0.25, 0.3) is 10.4 Å². The minimum absolute atomic E-state index is 0.0223. The summed E-state index contributed by atoms with van der Waals surface area (Å²) in [6.45, 7) is 6.45. The molecule has 2 aliphatic rings. The molecule has 3 atom stereocenters. The van der Waals surface area contributed by atoms with Gasteiger partial charge in [-0.15, -0.1) is 11.3 Å². The van der Waals surface area contributed by atoms with Crippen LogP contribution in [0.5, 0.6) is 5.75 Å². The highest BCUT2D eigenvalue weighted by Gasteiger charge is 2.45. The number of hydrogen-bond donors (Lipinski definition) is 2. The van der Waals surface area contributed by atoms with E-state index in [0.717, 1.165) is 28.1 Å². The largest absolute Gasteiger partial charge is 0.508 e. The van der Waals surface area contributed by atoms with Gasteiger partial charge in [-0.25, -0.2) is 4.98 Å². The van der Waals surface area contributed by atoms with Crippen molar-refractivity contribution in [3.8, 4) is 16.2 Å². The minimum Gasteiger partial charge on any atom is -0.508 e. The SMILES string of the molecule is Cc1ncsc1-c1ccc(CNC(=O)C2CCCC2C(=O)C(C(C)C)N2Cc3ccccc3C2=O)c(O)c1. The first-order valence-electron chi connectivity index (χ1n) is 13.2. The summed E-state index contributed by atoms with van der Waals surface area (Å²) < 4.78 is 0. The second kappa shape index (κ2) is 10.7. The van der Waals surface area contributed by atoms with Crippen LogP contribution in [0.2, 0.25) is 0 Å². The molecule has 0 spiro atoms. The van der Waals surface area contributed by atoms with Crippen LogP contribution in [0.15, 0.2) is 48.0 Å². The summed E-state index contributed by atoms with van der Waals surface area (Å²) in [5.74, 6) is -1.13. The number of rotatable bonds is 8. The van der Waals surface area contributed by atoms with E-state index in [1.54, 1.807) is 16.5 Å². The van der Waals surface area contributed by atoms with Gasteiger partial charge in [0.2, 0.25) is 5.91 Å². The fourth-order valence-corrected chi connectivity index (χ4v) is 6.73. The van der Waals surface area contributed by atoms with Gasteiger partial charge in [-0.2, -0.15) is 0 Å². The normalized spacial score (nSPS) is 19.6. The summed E-state index contributed by atoms with van der Waals surface area (Å²) in [5, 5.41) is 13.5. The molecule has 0 saturated heterocycles. The van der Waals surface area contributed by atoms with Crippen molar-refractivity contribution in [2.75, 3.05) is 0 Å². The van der Waals surface area contributed by atoms with Gasteiger partial charge in [-0.1, -0.05) is 50.6 Å². The first-order valence-corrected chi connectivity index (χ1v) is 14.1. The zero-order valence-corrected chi connectivity index (χ0v) is 22.8. The Bertz CT molecular complexity index is 1380. The molecule has 38 heavy (non-hydrogen) atoms. The van der Waals surface area contributed by atoms with Gasteiger partial charge in [-0.3, -0.25) is 14.4 Å². The molecule has 2 heterocycles. The maximum atomic E-state index is 13.9. The standard InChI is InChI=1S/C30H33N3O4S/c1-17(2)26(33-15-21-7-4-5-8-22(21)30(33)37)27(35)23-9-6-10-24(23)29(36)31-14-20-12-11-19(13-25(20)34)28-18(3)32-16-38-28/h4-5,7-8,11-13,16-17,23-24,26,34H,6,9-10,14-15H2,1-3H3,(H,31,36). The number of carbonyl (C=O) groups is 3. The van der Waals surface area contributed by atoms with Gasteiger partial charge in [-0.05, 0) is 48.9 Å². The summed E-state index contributed by atoms with van der Waals surface area (Å²) in [6.07, 6.45) is 2.07. The number of amides is 2. The molecule has 0 bridgehead atoms. The summed E-state index contributed by atoms with van der Waals surface area (Å²) in [6, 6.07) is 12.4. The number of aromatic nitrogens is 1. The molecule has 5 rings (SSSR count). The van der Waals surface area contributed by atoms with Gasteiger partial charge in [0.05, 0.1) is 22.1 Å². The Morgan fingerprint density at radius 1 is 1.16 bits per heavy atom. The van der Waals surface area contributed by atoms with Crippen LogP contribution in [0.4, 0.5) is 0 Å². The third kappa shape index (κ3) is 4.85. The van der Waals surface area contributed by atoms with Crippen molar-refractivity contribution in [2.24, 2.45) is 17.8 Å². The number of ketones is 1. The highest BCUT2D eigenvalue weighted by atomic mass is 32.1. The van der Waals surface area contributed by atoms with Gasteiger partial charge in [0.15, 0.2) is 5.78 Å². The number of nitrogens with one attached hydrogen (secondary N) is 1. The molecule has 0 radical (unpaired) electrons. The summed E-state index contributed by atoms with van der Waals surface area (Å²) in [4.78, 5) is 47.3. The van der Waals surface area contributed by atoms with Crippen LogP contribution >= 0.6 is 11.3 Å². The van der Waals surface area contributed by atoms with Crippen LogP contribution in [0, 0.1) is 24.7 Å². The number of phenolic OH excluding ortho intramolecular Hbond substituents is 1. The molecule has 1 aliphatic heterocycles. The minimum atomic E-state index is -0.569. The van der Waals surface area contributed by atoms with E-state index in [4.69, 9.17) is 0 Å². The first kappa shape index (κ1) is 26.1. The molecule has 198 valence electrons. The first-order chi connectivity index (χ1) is 18.3. The van der Waals surface area contributed by atoms with Crippen molar-refractivity contribution < 1.29 is 19.5 Å². The molecule has 1 saturated carbocycles. The predicted octanol–water partition coefficient (Wildman–Crippen LogP) is 5.11. The number of phenols is 1. The topological polar surface area (TPSA) is 99.6 Å². The average molecular weight is 532 g/mol. The molecule has 3 unspecified atom stereocenters. The Morgan fingerprint density at radius 2 is 1.92 bits per heavy atom. The smallest absolute Gasteiger partial charge is 0.255 e. The average Bonchev–Trinajstić information content (AvgIpc) is 3.63. The van der Waals surface area contributed by atoms with Gasteiger partial charge < -0.3 is 15.3 Å². The van der Waals surface area contributed by atoms with Crippen molar-refractivity contribution in [2.45, 2.75) is 59.2 Å². The van der Waals surface area contributed by atoms with E-state index in [1.165, 1.54) is 11.3 Å². The Balaban J connectivity index is 1.27. The molecular weight excluding hydrogens is 498 g/mol. The zero-order chi connectivity index (χ0) is 27.0. The maximum Gasteiger partial charge on any atom is 0.255 e. The molecule has 1 aliphatic carbocycles.